The molecule has 1 amide bonds. The molecule has 7 heteroatoms. The molecule has 0 aliphatic carbocycles. The maximum atomic E-state index is 12.2. The van der Waals surface area contributed by atoms with Crippen molar-refractivity contribution in [3.05, 3.63) is 11.9 Å². The summed E-state index contributed by atoms with van der Waals surface area (Å²) in [6, 6.07) is 0. The number of amides is 1. The summed E-state index contributed by atoms with van der Waals surface area (Å²) in [5, 5.41) is 9.28. The van der Waals surface area contributed by atoms with Gasteiger partial charge in [0, 0.05) is 13.1 Å². The largest absolute Gasteiger partial charge is 0.481 e. The third-order valence-electron chi connectivity index (χ3n) is 3.86. The topological polar surface area (TPSA) is 83.4 Å². The number of carbonyl (C=O) groups excluding carboxylic acids is 1. The monoisotopic (exact) mass is 283 g/mol. The molecule has 1 unspecified atom stereocenters. The number of carboxylic acids is 1. The van der Waals surface area contributed by atoms with Crippen LogP contribution in [0.2, 0.25) is 0 Å². The molecule has 1 saturated heterocycles. The predicted octanol–water partition coefficient (Wildman–Crippen LogP) is 1.50. The molecule has 0 radical (unpaired) electrons. The van der Waals surface area contributed by atoms with E-state index in [4.69, 9.17) is 0 Å². The molecule has 6 nitrogen and oxygen atoms in total. The van der Waals surface area contributed by atoms with E-state index in [2.05, 4.69) is 8.75 Å². The van der Waals surface area contributed by atoms with Crippen molar-refractivity contribution in [1.82, 2.24) is 13.6 Å². The van der Waals surface area contributed by atoms with Crippen LogP contribution in [0, 0.1) is 11.3 Å². The summed E-state index contributed by atoms with van der Waals surface area (Å²) in [5.74, 6) is -1.00. The summed E-state index contributed by atoms with van der Waals surface area (Å²) in [6.45, 7) is 4.56. The second-order valence-corrected chi connectivity index (χ2v) is 5.97. The minimum atomic E-state index is -0.820. The van der Waals surface area contributed by atoms with Crippen LogP contribution in [0.5, 0.6) is 0 Å². The van der Waals surface area contributed by atoms with E-state index in [1.165, 1.54) is 6.20 Å². The fourth-order valence-electron chi connectivity index (χ4n) is 2.35. The smallest absolute Gasteiger partial charge is 0.309 e. The van der Waals surface area contributed by atoms with Crippen LogP contribution in [-0.2, 0) is 4.79 Å². The highest BCUT2D eigenvalue weighted by Crippen LogP contribution is 2.34. The molecular weight excluding hydrogens is 266 g/mol. The third-order valence-corrected chi connectivity index (χ3v) is 4.34. The van der Waals surface area contributed by atoms with Gasteiger partial charge in [-0.2, -0.15) is 8.75 Å². The molecule has 1 aromatic heterocycles. The Bertz CT molecular complexity index is 473. The molecule has 104 valence electrons. The molecular formula is C12H17N3O3S. The Labute approximate surface area is 115 Å². The van der Waals surface area contributed by atoms with Gasteiger partial charge in [0.25, 0.3) is 5.91 Å². The van der Waals surface area contributed by atoms with Crippen LogP contribution in [0.15, 0.2) is 6.20 Å². The second kappa shape index (κ2) is 5.24. The van der Waals surface area contributed by atoms with Crippen LogP contribution in [0.1, 0.15) is 37.2 Å². The lowest BCUT2D eigenvalue weighted by Gasteiger charge is -2.38. The van der Waals surface area contributed by atoms with Crippen LogP contribution in [-0.4, -0.2) is 43.7 Å². The molecule has 2 heterocycles. The number of carboxylic acid groups (broad SMARTS) is 1. The minimum Gasteiger partial charge on any atom is -0.481 e. The first kappa shape index (κ1) is 13.9. The van der Waals surface area contributed by atoms with Crippen LogP contribution < -0.4 is 0 Å². The molecule has 0 bridgehead atoms. The van der Waals surface area contributed by atoms with Crippen LogP contribution in [0.3, 0.4) is 0 Å². The van der Waals surface area contributed by atoms with Crippen molar-refractivity contribution in [2.45, 2.75) is 26.7 Å². The Morgan fingerprint density at radius 3 is 2.84 bits per heavy atom. The average molecular weight is 283 g/mol. The number of likely N-dealkylation sites (tertiary alicyclic amines) is 1. The summed E-state index contributed by atoms with van der Waals surface area (Å²) in [6.07, 6.45) is 3.11. The van der Waals surface area contributed by atoms with Gasteiger partial charge < -0.3 is 10.0 Å². The highest BCUT2D eigenvalue weighted by atomic mass is 32.1. The number of hydrogen-bond donors (Lipinski definition) is 1. The molecule has 1 N–H and O–H groups in total. The van der Waals surface area contributed by atoms with Gasteiger partial charge in [-0.3, -0.25) is 9.59 Å². The quantitative estimate of drug-likeness (QED) is 0.909. The highest BCUT2D eigenvalue weighted by molar-refractivity contribution is 6.99. The van der Waals surface area contributed by atoms with Crippen LogP contribution >= 0.6 is 11.7 Å². The van der Waals surface area contributed by atoms with E-state index in [0.717, 1.165) is 24.6 Å². The van der Waals surface area contributed by atoms with Gasteiger partial charge in [0.15, 0.2) is 5.69 Å². The number of hydrogen-bond acceptors (Lipinski definition) is 5. The number of carbonyl (C=O) groups is 2. The van der Waals surface area contributed by atoms with E-state index in [1.807, 2.05) is 0 Å². The van der Waals surface area contributed by atoms with Gasteiger partial charge in [0.05, 0.1) is 23.3 Å². The normalized spacial score (nSPS) is 20.3. The molecule has 0 saturated carbocycles. The molecule has 2 rings (SSSR count). The number of piperidine rings is 1. The van der Waals surface area contributed by atoms with Gasteiger partial charge in [0.2, 0.25) is 0 Å². The molecule has 1 fully saturated rings. The Hall–Kier alpha value is -1.50. The zero-order chi connectivity index (χ0) is 14.0. The maximum Gasteiger partial charge on any atom is 0.309 e. The Balaban J connectivity index is 2.09. The van der Waals surface area contributed by atoms with Crippen molar-refractivity contribution >= 4 is 23.6 Å². The lowest BCUT2D eigenvalue weighted by atomic mass is 9.74. The van der Waals surface area contributed by atoms with Crippen molar-refractivity contribution in [2.24, 2.45) is 11.3 Å². The average Bonchev–Trinajstić information content (AvgIpc) is 2.91. The van der Waals surface area contributed by atoms with Crippen molar-refractivity contribution in [2.75, 3.05) is 13.1 Å². The summed E-state index contributed by atoms with van der Waals surface area (Å²) >= 11 is 1.00. The van der Waals surface area contributed by atoms with Crippen molar-refractivity contribution in [1.29, 1.82) is 0 Å². The minimum absolute atomic E-state index is 0.0331. The lowest BCUT2D eigenvalue weighted by Crippen LogP contribution is -2.46. The van der Waals surface area contributed by atoms with Gasteiger partial charge in [-0.1, -0.05) is 0 Å². The first-order chi connectivity index (χ1) is 8.93. The van der Waals surface area contributed by atoms with Gasteiger partial charge >= 0.3 is 5.97 Å². The molecule has 1 aliphatic rings. The van der Waals surface area contributed by atoms with E-state index < -0.39 is 11.4 Å². The summed E-state index contributed by atoms with van der Waals surface area (Å²) in [4.78, 5) is 25.2. The Morgan fingerprint density at radius 1 is 1.53 bits per heavy atom. The van der Waals surface area contributed by atoms with E-state index >= 15 is 0 Å². The molecule has 1 aromatic rings. The maximum absolute atomic E-state index is 12.2. The summed E-state index contributed by atoms with van der Waals surface area (Å²) in [7, 11) is 0. The number of rotatable bonds is 3. The SMILES string of the molecule is CC(C)(C(=O)O)C1CCCN(C(=O)c2cnsn2)C1. The highest BCUT2D eigenvalue weighted by Gasteiger charge is 2.40. The van der Waals surface area contributed by atoms with Crippen LogP contribution in [0.25, 0.3) is 0 Å². The Morgan fingerprint density at radius 2 is 2.26 bits per heavy atom. The third kappa shape index (κ3) is 2.75. The van der Waals surface area contributed by atoms with Gasteiger partial charge in [0.1, 0.15) is 0 Å². The standard InChI is InChI=1S/C12H17N3O3S/c1-12(2,11(17)18)8-4-3-5-15(7-8)10(16)9-6-13-19-14-9/h6,8H,3-5,7H2,1-2H3,(H,17,18). The van der Waals surface area contributed by atoms with E-state index in [1.54, 1.807) is 18.7 Å². The van der Waals surface area contributed by atoms with Gasteiger partial charge in [-0.05, 0) is 32.6 Å². The van der Waals surface area contributed by atoms with Crippen LogP contribution in [0.4, 0.5) is 0 Å². The number of aliphatic carboxylic acids is 1. The summed E-state index contributed by atoms with van der Waals surface area (Å²) in [5.41, 5.74) is -0.474. The van der Waals surface area contributed by atoms with Gasteiger partial charge in [-0.25, -0.2) is 0 Å². The van der Waals surface area contributed by atoms with Crippen molar-refractivity contribution < 1.29 is 14.7 Å². The molecule has 0 aromatic carbocycles. The second-order valence-electron chi connectivity index (χ2n) is 5.41. The van der Waals surface area contributed by atoms with Crippen molar-refractivity contribution in [3.63, 3.8) is 0 Å². The fraction of sp³-hybridized carbons (Fsp3) is 0.667. The zero-order valence-electron chi connectivity index (χ0n) is 11.0. The molecule has 0 spiro atoms. The lowest BCUT2D eigenvalue weighted by molar-refractivity contribution is -0.151. The molecule has 19 heavy (non-hydrogen) atoms. The van der Waals surface area contributed by atoms with Crippen molar-refractivity contribution in [3.8, 4) is 0 Å². The van der Waals surface area contributed by atoms with Gasteiger partial charge in [-0.15, -0.1) is 0 Å². The van der Waals surface area contributed by atoms with E-state index in [0.29, 0.717) is 18.8 Å². The predicted molar refractivity (Wildman–Crippen MR) is 70.0 cm³/mol. The Kier molecular flexibility index (Phi) is 3.84. The molecule has 1 atom stereocenters. The zero-order valence-corrected chi connectivity index (χ0v) is 11.8. The van der Waals surface area contributed by atoms with E-state index in [9.17, 15) is 14.7 Å². The molecule has 1 aliphatic heterocycles. The van der Waals surface area contributed by atoms with E-state index in [-0.39, 0.29) is 11.8 Å². The first-order valence-electron chi connectivity index (χ1n) is 6.23. The first-order valence-corrected chi connectivity index (χ1v) is 6.96. The fourth-order valence-corrected chi connectivity index (χ4v) is 2.75. The number of aromatic nitrogens is 2. The number of nitrogens with zero attached hydrogens (tertiary/aromatic N) is 3. The summed E-state index contributed by atoms with van der Waals surface area (Å²) < 4.78 is 7.76.